The molecule has 102 valence electrons. The van der Waals surface area contributed by atoms with E-state index in [4.69, 9.17) is 5.11 Å². The van der Waals surface area contributed by atoms with Crippen molar-refractivity contribution in [1.82, 2.24) is 4.90 Å². The van der Waals surface area contributed by atoms with Crippen molar-refractivity contribution in [1.29, 1.82) is 0 Å². The fourth-order valence-electron chi connectivity index (χ4n) is 2.07. The van der Waals surface area contributed by atoms with Gasteiger partial charge in [0.2, 0.25) is 5.91 Å². The van der Waals surface area contributed by atoms with E-state index in [1.54, 1.807) is 0 Å². The third-order valence-electron chi connectivity index (χ3n) is 2.99. The Morgan fingerprint density at radius 1 is 1.32 bits per heavy atom. The van der Waals surface area contributed by atoms with Gasteiger partial charge in [0.25, 0.3) is 0 Å². The summed E-state index contributed by atoms with van der Waals surface area (Å²) in [6.45, 7) is 0.102. The monoisotopic (exact) mass is 281 g/mol. The molecule has 1 fully saturated rings. The number of likely N-dealkylation sites (tertiary alicyclic amines) is 1. The van der Waals surface area contributed by atoms with E-state index in [1.807, 2.05) is 30.3 Å². The fraction of sp³-hybridized carbons (Fsp3) is 0.385. The Morgan fingerprint density at radius 2 is 2.00 bits per heavy atom. The topological polar surface area (TPSA) is 77.8 Å². The van der Waals surface area contributed by atoms with E-state index in [9.17, 15) is 14.7 Å². The van der Waals surface area contributed by atoms with Gasteiger partial charge in [-0.3, -0.25) is 4.79 Å². The highest BCUT2D eigenvalue weighted by Gasteiger charge is 2.38. The number of benzene rings is 1. The van der Waals surface area contributed by atoms with Crippen LogP contribution in [0.4, 0.5) is 0 Å². The van der Waals surface area contributed by atoms with Gasteiger partial charge in [-0.05, 0) is 12.1 Å². The normalized spacial score (nSPS) is 22.5. The van der Waals surface area contributed by atoms with Crippen LogP contribution in [0.5, 0.6) is 0 Å². The molecule has 1 saturated heterocycles. The van der Waals surface area contributed by atoms with Gasteiger partial charge >= 0.3 is 5.97 Å². The van der Waals surface area contributed by atoms with Crippen molar-refractivity contribution in [3.8, 4) is 0 Å². The lowest BCUT2D eigenvalue weighted by Gasteiger charge is -2.20. The number of thioether (sulfide) groups is 1. The first kappa shape index (κ1) is 13.9. The summed E-state index contributed by atoms with van der Waals surface area (Å²) in [5.41, 5.74) is 0. The molecule has 2 unspecified atom stereocenters. The number of aliphatic hydroxyl groups is 1. The molecule has 0 aliphatic carbocycles. The number of carboxylic acid groups (broad SMARTS) is 1. The van der Waals surface area contributed by atoms with Gasteiger partial charge in [-0.25, -0.2) is 4.79 Å². The van der Waals surface area contributed by atoms with Crippen LogP contribution in [0, 0.1) is 0 Å². The number of amides is 1. The number of hydrogen-bond acceptors (Lipinski definition) is 4. The van der Waals surface area contributed by atoms with Crippen LogP contribution in [0.1, 0.15) is 6.42 Å². The Kier molecular flexibility index (Phi) is 4.44. The number of hydrogen-bond donors (Lipinski definition) is 2. The molecule has 0 bridgehead atoms. The lowest BCUT2D eigenvalue weighted by atomic mass is 10.2. The van der Waals surface area contributed by atoms with E-state index in [1.165, 1.54) is 16.7 Å². The second-order valence-corrected chi connectivity index (χ2v) is 5.44. The maximum absolute atomic E-state index is 12.0. The zero-order valence-electron chi connectivity index (χ0n) is 10.2. The van der Waals surface area contributed by atoms with Gasteiger partial charge in [0, 0.05) is 17.9 Å². The lowest BCUT2D eigenvalue weighted by Crippen LogP contribution is -2.41. The second kappa shape index (κ2) is 6.08. The molecule has 2 N–H and O–H groups in total. The van der Waals surface area contributed by atoms with Gasteiger partial charge < -0.3 is 15.1 Å². The first-order valence-electron chi connectivity index (χ1n) is 5.96. The smallest absolute Gasteiger partial charge is 0.326 e. The summed E-state index contributed by atoms with van der Waals surface area (Å²) in [6, 6.07) is 8.54. The Bertz CT molecular complexity index is 465. The number of aliphatic hydroxyl groups excluding tert-OH is 1. The number of nitrogens with zero attached hydrogens (tertiary/aromatic N) is 1. The summed E-state index contributed by atoms with van der Waals surface area (Å²) in [4.78, 5) is 25.2. The van der Waals surface area contributed by atoms with Gasteiger partial charge in [-0.15, -0.1) is 11.8 Å². The predicted molar refractivity (Wildman–Crippen MR) is 70.9 cm³/mol. The largest absolute Gasteiger partial charge is 0.480 e. The van der Waals surface area contributed by atoms with Crippen LogP contribution in [-0.2, 0) is 9.59 Å². The minimum atomic E-state index is -1.06. The fourth-order valence-corrected chi connectivity index (χ4v) is 2.87. The molecule has 0 aromatic heterocycles. The Hall–Kier alpha value is -1.53. The molecule has 0 radical (unpaired) electrons. The summed E-state index contributed by atoms with van der Waals surface area (Å²) < 4.78 is 0. The number of rotatable bonds is 4. The minimum absolute atomic E-state index is 0.102. The van der Waals surface area contributed by atoms with E-state index in [0.29, 0.717) is 0 Å². The number of β-amino-alcohol motifs (C(OH)–C–C–N with tert-alkyl or cyclic N) is 1. The molecular weight excluding hydrogens is 266 g/mol. The number of carbonyl (C=O) groups is 2. The molecule has 1 aromatic rings. The summed E-state index contributed by atoms with van der Waals surface area (Å²) in [6.07, 6.45) is -0.636. The highest BCUT2D eigenvalue weighted by atomic mass is 32.2. The lowest BCUT2D eigenvalue weighted by molar-refractivity contribution is -0.147. The van der Waals surface area contributed by atoms with Crippen molar-refractivity contribution < 1.29 is 19.8 Å². The maximum Gasteiger partial charge on any atom is 0.326 e. The molecular formula is C13H15NO4S. The van der Waals surface area contributed by atoms with E-state index in [-0.39, 0.29) is 24.6 Å². The number of aliphatic carboxylic acids is 1. The van der Waals surface area contributed by atoms with Gasteiger partial charge in [-0.2, -0.15) is 0 Å². The predicted octanol–water partition coefficient (Wildman–Crippen LogP) is 0.825. The van der Waals surface area contributed by atoms with E-state index < -0.39 is 18.1 Å². The summed E-state index contributed by atoms with van der Waals surface area (Å²) in [5.74, 6) is -1.13. The molecule has 19 heavy (non-hydrogen) atoms. The minimum Gasteiger partial charge on any atom is -0.480 e. The van der Waals surface area contributed by atoms with Crippen molar-refractivity contribution >= 4 is 23.6 Å². The molecule has 5 nitrogen and oxygen atoms in total. The van der Waals surface area contributed by atoms with E-state index >= 15 is 0 Å². The Labute approximate surface area is 115 Å². The quantitative estimate of drug-likeness (QED) is 0.799. The average Bonchev–Trinajstić information content (AvgIpc) is 2.79. The van der Waals surface area contributed by atoms with Crippen LogP contribution in [0.2, 0.25) is 0 Å². The van der Waals surface area contributed by atoms with Crippen LogP contribution < -0.4 is 0 Å². The molecule has 0 spiro atoms. The van der Waals surface area contributed by atoms with Crippen LogP contribution in [0.3, 0.4) is 0 Å². The van der Waals surface area contributed by atoms with Crippen molar-refractivity contribution in [3.05, 3.63) is 30.3 Å². The van der Waals surface area contributed by atoms with Crippen molar-refractivity contribution in [2.75, 3.05) is 12.3 Å². The van der Waals surface area contributed by atoms with Gasteiger partial charge in [-0.1, -0.05) is 18.2 Å². The zero-order valence-corrected chi connectivity index (χ0v) is 11.0. The summed E-state index contributed by atoms with van der Waals surface area (Å²) in [5, 5.41) is 18.5. The standard InChI is InChI=1S/C13H15NO4S/c15-9-6-11(13(17)18)14(7-9)12(16)8-19-10-4-2-1-3-5-10/h1-5,9,11,15H,6-8H2,(H,17,18). The molecule has 1 heterocycles. The van der Waals surface area contributed by atoms with Crippen molar-refractivity contribution in [2.45, 2.75) is 23.5 Å². The van der Waals surface area contributed by atoms with Crippen LogP contribution in [0.25, 0.3) is 0 Å². The second-order valence-electron chi connectivity index (χ2n) is 4.39. The highest BCUT2D eigenvalue weighted by molar-refractivity contribution is 8.00. The number of carbonyl (C=O) groups excluding carboxylic acids is 1. The van der Waals surface area contributed by atoms with Gasteiger partial charge in [0.05, 0.1) is 11.9 Å². The maximum atomic E-state index is 12.0. The summed E-state index contributed by atoms with van der Waals surface area (Å²) in [7, 11) is 0. The SMILES string of the molecule is O=C(O)C1CC(O)CN1C(=O)CSc1ccccc1. The molecule has 2 rings (SSSR count). The van der Waals surface area contributed by atoms with Gasteiger partial charge in [0.15, 0.2) is 0 Å². The van der Waals surface area contributed by atoms with Gasteiger partial charge in [0.1, 0.15) is 6.04 Å². The molecule has 1 aliphatic rings. The molecule has 2 atom stereocenters. The average molecular weight is 281 g/mol. The Morgan fingerprint density at radius 3 is 2.63 bits per heavy atom. The summed E-state index contributed by atoms with van der Waals surface area (Å²) >= 11 is 1.36. The Balaban J connectivity index is 1.94. The third-order valence-corrected chi connectivity index (χ3v) is 3.99. The van der Waals surface area contributed by atoms with E-state index in [0.717, 1.165) is 4.90 Å². The van der Waals surface area contributed by atoms with Crippen LogP contribution in [-0.4, -0.2) is 51.4 Å². The molecule has 1 aliphatic heterocycles. The molecule has 1 aromatic carbocycles. The molecule has 6 heteroatoms. The highest BCUT2D eigenvalue weighted by Crippen LogP contribution is 2.22. The molecule has 0 saturated carbocycles. The number of carboxylic acids is 1. The first-order chi connectivity index (χ1) is 9.08. The van der Waals surface area contributed by atoms with Crippen LogP contribution in [0.15, 0.2) is 35.2 Å². The van der Waals surface area contributed by atoms with Crippen molar-refractivity contribution in [3.63, 3.8) is 0 Å². The third kappa shape index (κ3) is 3.48. The first-order valence-corrected chi connectivity index (χ1v) is 6.94. The zero-order chi connectivity index (χ0) is 13.8. The van der Waals surface area contributed by atoms with E-state index in [2.05, 4.69) is 0 Å². The molecule has 1 amide bonds. The van der Waals surface area contributed by atoms with Crippen LogP contribution >= 0.6 is 11.8 Å². The van der Waals surface area contributed by atoms with Crippen molar-refractivity contribution in [2.24, 2.45) is 0 Å².